The van der Waals surface area contributed by atoms with E-state index in [-0.39, 0.29) is 12.4 Å². The van der Waals surface area contributed by atoms with E-state index in [1.807, 2.05) is 24.3 Å². The highest BCUT2D eigenvalue weighted by Gasteiger charge is 2.26. The Morgan fingerprint density at radius 3 is 2.46 bits per heavy atom. The fraction of sp³-hybridized carbons (Fsp3) is 0.158. The van der Waals surface area contributed by atoms with Gasteiger partial charge in [-0.2, -0.15) is 0 Å². The molecule has 0 aliphatic heterocycles. The molecule has 0 aliphatic rings. The zero-order valence-corrected chi connectivity index (χ0v) is 16.7. The molecule has 0 N–H and O–H groups in total. The summed E-state index contributed by atoms with van der Waals surface area (Å²) in [4.78, 5) is 16.5. The monoisotopic (exact) mass is 452 g/mol. The van der Waals surface area contributed by atoms with E-state index < -0.39 is 11.6 Å². The molecule has 2 atom stereocenters. The summed E-state index contributed by atoms with van der Waals surface area (Å²) in [5, 5.41) is 0.599. The van der Waals surface area contributed by atoms with E-state index in [0.29, 0.717) is 5.02 Å². The second-order valence-corrected chi connectivity index (χ2v) is 7.45. The van der Waals surface area contributed by atoms with Crippen molar-refractivity contribution in [3.05, 3.63) is 87.9 Å². The Labute approximate surface area is 169 Å². The van der Waals surface area contributed by atoms with Gasteiger partial charge in [0.1, 0.15) is 5.50 Å². The molecule has 3 rings (SSSR count). The molecule has 4 nitrogen and oxygen atoms in total. The van der Waals surface area contributed by atoms with Gasteiger partial charge in [-0.3, -0.25) is 4.79 Å². The van der Waals surface area contributed by atoms with Gasteiger partial charge in [0.05, 0.1) is 12.7 Å². The van der Waals surface area contributed by atoms with Gasteiger partial charge >= 0.3 is 5.97 Å². The van der Waals surface area contributed by atoms with Crippen molar-refractivity contribution in [1.82, 2.24) is 9.55 Å². The number of esters is 1. The lowest BCUT2D eigenvalue weighted by Crippen LogP contribution is -2.20. The Bertz CT molecular complexity index is 852. The minimum absolute atomic E-state index is 0.158. The summed E-state index contributed by atoms with van der Waals surface area (Å²) in [6, 6.07) is 14.6. The number of nitrogens with zero attached hydrogens (tertiary/aromatic N) is 2. The van der Waals surface area contributed by atoms with Crippen molar-refractivity contribution in [3.63, 3.8) is 0 Å². The van der Waals surface area contributed by atoms with E-state index >= 15 is 0 Å². The highest BCUT2D eigenvalue weighted by atomic mass is 79.9. The molecule has 0 fully saturated rings. The first kappa shape index (κ1) is 19.0. The predicted octanol–water partition coefficient (Wildman–Crippen LogP) is 5.56. The summed E-state index contributed by atoms with van der Waals surface area (Å²) >= 11 is 15.9. The third-order valence-electron chi connectivity index (χ3n) is 3.78. The summed E-state index contributed by atoms with van der Waals surface area (Å²) in [5.41, 5.74) is 0.988. The molecular formula is C19H15BrCl2N2O2. The van der Waals surface area contributed by atoms with E-state index in [0.717, 1.165) is 15.6 Å². The highest BCUT2D eigenvalue weighted by molar-refractivity contribution is 9.10. The Morgan fingerprint density at radius 1 is 1.15 bits per heavy atom. The molecule has 2 aromatic carbocycles. The molecule has 134 valence electrons. The summed E-state index contributed by atoms with van der Waals surface area (Å²) in [6.07, 6.45) is 4.42. The van der Waals surface area contributed by atoms with Gasteiger partial charge in [0.2, 0.25) is 0 Å². The van der Waals surface area contributed by atoms with Crippen LogP contribution in [0.2, 0.25) is 5.02 Å². The third-order valence-corrected chi connectivity index (χ3v) is 5.01. The van der Waals surface area contributed by atoms with E-state index in [1.165, 1.54) is 0 Å². The Hall–Kier alpha value is -1.82. The number of hydrogen-bond donors (Lipinski definition) is 0. The smallest absolute Gasteiger partial charge is 0.310 e. The maximum atomic E-state index is 12.5. The SMILES string of the molecule is O=C(Cc1ccc(Br)cc1)OC(c1ccc(Cl)cc1)C(Cl)n1ccnc1. The molecule has 0 amide bonds. The van der Waals surface area contributed by atoms with Crippen molar-refractivity contribution in [2.75, 3.05) is 0 Å². The van der Waals surface area contributed by atoms with Gasteiger partial charge in [-0.25, -0.2) is 4.98 Å². The zero-order chi connectivity index (χ0) is 18.5. The molecule has 3 aromatic rings. The maximum Gasteiger partial charge on any atom is 0.310 e. The topological polar surface area (TPSA) is 44.1 Å². The molecule has 26 heavy (non-hydrogen) atoms. The van der Waals surface area contributed by atoms with Gasteiger partial charge in [-0.15, -0.1) is 0 Å². The molecule has 1 heterocycles. The second kappa shape index (κ2) is 8.71. The number of rotatable bonds is 6. The number of halogens is 3. The van der Waals surface area contributed by atoms with Crippen LogP contribution in [-0.4, -0.2) is 15.5 Å². The van der Waals surface area contributed by atoms with Crippen molar-refractivity contribution in [1.29, 1.82) is 0 Å². The lowest BCUT2D eigenvalue weighted by molar-refractivity contribution is -0.149. The number of hydrogen-bond acceptors (Lipinski definition) is 3. The van der Waals surface area contributed by atoms with Gasteiger partial charge < -0.3 is 9.30 Å². The highest BCUT2D eigenvalue weighted by Crippen LogP contribution is 2.34. The van der Waals surface area contributed by atoms with Crippen molar-refractivity contribution >= 4 is 45.1 Å². The van der Waals surface area contributed by atoms with Crippen LogP contribution in [0.15, 0.2) is 71.7 Å². The fourth-order valence-corrected chi connectivity index (χ4v) is 3.16. The molecule has 0 bridgehead atoms. The Morgan fingerprint density at radius 2 is 1.85 bits per heavy atom. The fourth-order valence-electron chi connectivity index (χ4n) is 2.46. The zero-order valence-electron chi connectivity index (χ0n) is 13.6. The van der Waals surface area contributed by atoms with Crippen LogP contribution in [0.3, 0.4) is 0 Å². The molecule has 0 saturated carbocycles. The Balaban J connectivity index is 1.79. The van der Waals surface area contributed by atoms with Crippen LogP contribution in [0.25, 0.3) is 0 Å². The van der Waals surface area contributed by atoms with Crippen molar-refractivity contribution in [2.45, 2.75) is 18.0 Å². The van der Waals surface area contributed by atoms with Gasteiger partial charge in [-0.1, -0.05) is 63.4 Å². The van der Waals surface area contributed by atoms with Crippen LogP contribution in [0.4, 0.5) is 0 Å². The van der Waals surface area contributed by atoms with E-state index in [1.54, 1.807) is 47.6 Å². The first-order chi connectivity index (χ1) is 12.5. The molecule has 0 saturated heterocycles. The number of ether oxygens (including phenoxy) is 1. The van der Waals surface area contributed by atoms with Crippen LogP contribution >= 0.6 is 39.1 Å². The number of alkyl halides is 1. The molecule has 0 spiro atoms. The average Bonchev–Trinajstić information content (AvgIpc) is 3.17. The first-order valence-corrected chi connectivity index (χ1v) is 9.44. The van der Waals surface area contributed by atoms with E-state index in [2.05, 4.69) is 20.9 Å². The predicted molar refractivity (Wildman–Crippen MR) is 105 cm³/mol. The van der Waals surface area contributed by atoms with Gasteiger partial charge in [-0.05, 0) is 35.4 Å². The Kier molecular flexibility index (Phi) is 6.35. The quantitative estimate of drug-likeness (QED) is 0.362. The van der Waals surface area contributed by atoms with Crippen LogP contribution in [0, 0.1) is 0 Å². The third kappa shape index (κ3) is 4.87. The summed E-state index contributed by atoms with van der Waals surface area (Å²) in [6.45, 7) is 0. The lowest BCUT2D eigenvalue weighted by atomic mass is 10.1. The van der Waals surface area contributed by atoms with Gasteiger partial charge in [0, 0.05) is 21.9 Å². The first-order valence-electron chi connectivity index (χ1n) is 7.84. The van der Waals surface area contributed by atoms with Crippen molar-refractivity contribution in [2.24, 2.45) is 0 Å². The van der Waals surface area contributed by atoms with Crippen LogP contribution in [-0.2, 0) is 16.0 Å². The second-order valence-electron chi connectivity index (χ2n) is 5.65. The number of carbonyl (C=O) groups excluding carboxylic acids is 1. The molecule has 0 aliphatic carbocycles. The number of carbonyl (C=O) groups is 1. The minimum atomic E-state index is -0.675. The van der Waals surface area contributed by atoms with Crippen molar-refractivity contribution in [3.8, 4) is 0 Å². The van der Waals surface area contributed by atoms with Crippen molar-refractivity contribution < 1.29 is 9.53 Å². The number of aromatic nitrogens is 2. The molecule has 7 heteroatoms. The van der Waals surface area contributed by atoms with Gasteiger partial charge in [0.15, 0.2) is 6.10 Å². The lowest BCUT2D eigenvalue weighted by Gasteiger charge is -2.24. The van der Waals surface area contributed by atoms with E-state index in [9.17, 15) is 4.79 Å². The largest absolute Gasteiger partial charge is 0.454 e. The number of benzene rings is 2. The summed E-state index contributed by atoms with van der Waals surface area (Å²) < 4.78 is 8.36. The molecule has 0 radical (unpaired) electrons. The summed E-state index contributed by atoms with van der Waals surface area (Å²) in [5.74, 6) is -0.363. The minimum Gasteiger partial charge on any atom is -0.454 e. The summed E-state index contributed by atoms with van der Waals surface area (Å²) in [7, 11) is 0. The van der Waals surface area contributed by atoms with Crippen LogP contribution in [0.1, 0.15) is 22.7 Å². The number of imidazole rings is 1. The maximum absolute atomic E-state index is 12.5. The molecule has 1 aromatic heterocycles. The average molecular weight is 454 g/mol. The molecule has 2 unspecified atom stereocenters. The van der Waals surface area contributed by atoms with Gasteiger partial charge in [0.25, 0.3) is 0 Å². The van der Waals surface area contributed by atoms with E-state index in [4.69, 9.17) is 27.9 Å². The normalized spacial score (nSPS) is 13.2. The standard InChI is InChI=1S/C19H15BrCl2N2O2/c20-15-5-1-13(2-6-15)11-17(25)26-18(14-3-7-16(21)8-4-14)19(22)24-10-9-23-12-24/h1-10,12,18-19H,11H2. The van der Waals surface area contributed by atoms with Crippen LogP contribution < -0.4 is 0 Å². The van der Waals surface area contributed by atoms with Crippen LogP contribution in [0.5, 0.6) is 0 Å². The molecular weight excluding hydrogens is 439 g/mol.